The maximum atomic E-state index is 11.6. The molecule has 0 spiro atoms. The van der Waals surface area contributed by atoms with Crippen molar-refractivity contribution < 1.29 is 38.4 Å². The molecular formula is C35H49NO8. The summed E-state index contributed by atoms with van der Waals surface area (Å²) in [6, 6.07) is 4.25. The van der Waals surface area contributed by atoms with E-state index in [1.54, 1.807) is 13.8 Å². The Morgan fingerprint density at radius 3 is 2.50 bits per heavy atom. The van der Waals surface area contributed by atoms with E-state index >= 15 is 0 Å². The largest absolute Gasteiger partial charge is 0.508 e. The molecule has 7 atom stereocenters. The van der Waals surface area contributed by atoms with Crippen LogP contribution in [0, 0.1) is 34.5 Å². The zero-order valence-electron chi connectivity index (χ0n) is 26.7. The van der Waals surface area contributed by atoms with Gasteiger partial charge in [0.2, 0.25) is 0 Å². The van der Waals surface area contributed by atoms with Crippen LogP contribution in [-0.2, 0) is 23.7 Å². The van der Waals surface area contributed by atoms with E-state index in [1.165, 1.54) is 29.6 Å². The highest BCUT2D eigenvalue weighted by Crippen LogP contribution is 2.66. The van der Waals surface area contributed by atoms with Gasteiger partial charge < -0.3 is 28.8 Å². The van der Waals surface area contributed by atoms with Crippen LogP contribution in [0.1, 0.15) is 78.2 Å². The molecule has 1 unspecified atom stereocenters. The summed E-state index contributed by atoms with van der Waals surface area (Å²) in [6.45, 7) is 9.56. The monoisotopic (exact) mass is 611 g/mol. The van der Waals surface area contributed by atoms with E-state index in [2.05, 4.69) is 37.0 Å². The summed E-state index contributed by atoms with van der Waals surface area (Å²) in [6.07, 6.45) is 13.5. The zero-order valence-corrected chi connectivity index (χ0v) is 26.7. The summed E-state index contributed by atoms with van der Waals surface area (Å²) in [5.74, 6) is 2.03. The van der Waals surface area contributed by atoms with E-state index in [4.69, 9.17) is 23.7 Å². The molecule has 0 aliphatic heterocycles. The molecule has 1 aromatic rings. The average molecular weight is 612 g/mol. The van der Waals surface area contributed by atoms with Crippen molar-refractivity contribution in [1.29, 1.82) is 0 Å². The number of carboxylic acid groups (broad SMARTS) is 1. The van der Waals surface area contributed by atoms with E-state index in [0.717, 1.165) is 32.1 Å². The molecule has 1 N–H and O–H groups in total. The highest BCUT2D eigenvalue weighted by Gasteiger charge is 2.57. The minimum absolute atomic E-state index is 0.0856. The molecule has 2 saturated carbocycles. The molecule has 44 heavy (non-hydrogen) atoms. The normalized spacial score (nSPS) is 31.6. The van der Waals surface area contributed by atoms with Gasteiger partial charge in [-0.3, -0.25) is 4.98 Å². The summed E-state index contributed by atoms with van der Waals surface area (Å²) in [7, 11) is 0. The SMILES string of the molecule is CC(C)OC(=O)OCCOCCOCC(OC(=O)O)[C@H]1CC[C@@]2(C)C(=CC[C@@H]3[C@@H]2CC[C@]2(C)C(c4cccnc4)=CC[C@@H]32)C1. The fourth-order valence-electron chi connectivity index (χ4n) is 8.77. The summed E-state index contributed by atoms with van der Waals surface area (Å²) < 4.78 is 26.5. The third-order valence-electron chi connectivity index (χ3n) is 10.9. The summed E-state index contributed by atoms with van der Waals surface area (Å²) in [5.41, 5.74) is 4.57. The first kappa shape index (κ1) is 32.5. The Balaban J connectivity index is 1.14. The average Bonchev–Trinajstić information content (AvgIpc) is 3.34. The van der Waals surface area contributed by atoms with Crippen molar-refractivity contribution in [3.05, 3.63) is 47.8 Å². The van der Waals surface area contributed by atoms with Crippen molar-refractivity contribution in [2.75, 3.05) is 33.0 Å². The molecule has 1 heterocycles. The summed E-state index contributed by atoms with van der Waals surface area (Å²) in [5, 5.41) is 9.49. The number of fused-ring (bicyclic) bond motifs is 5. The lowest BCUT2D eigenvalue weighted by atomic mass is 9.46. The highest BCUT2D eigenvalue weighted by molar-refractivity contribution is 5.72. The number of rotatable bonds is 12. The van der Waals surface area contributed by atoms with E-state index in [-0.39, 0.29) is 42.7 Å². The number of carbonyl (C=O) groups excluding carboxylic acids is 1. The van der Waals surface area contributed by atoms with Gasteiger partial charge in [0.05, 0.1) is 32.5 Å². The van der Waals surface area contributed by atoms with Gasteiger partial charge in [-0.2, -0.15) is 0 Å². The molecule has 2 fully saturated rings. The van der Waals surface area contributed by atoms with Crippen molar-refractivity contribution >= 4 is 17.9 Å². The lowest BCUT2D eigenvalue weighted by molar-refractivity contribution is -0.0599. The maximum absolute atomic E-state index is 11.6. The lowest BCUT2D eigenvalue weighted by Gasteiger charge is -2.58. The Kier molecular flexibility index (Phi) is 10.4. The predicted octanol–water partition coefficient (Wildman–Crippen LogP) is 7.31. The van der Waals surface area contributed by atoms with Gasteiger partial charge in [-0.15, -0.1) is 0 Å². The molecule has 9 heteroatoms. The van der Waals surface area contributed by atoms with Crippen molar-refractivity contribution in [3.63, 3.8) is 0 Å². The van der Waals surface area contributed by atoms with Crippen LogP contribution < -0.4 is 0 Å². The van der Waals surface area contributed by atoms with Gasteiger partial charge in [0.25, 0.3) is 0 Å². The number of nitrogens with zero attached hydrogens (tertiary/aromatic N) is 1. The van der Waals surface area contributed by atoms with Crippen molar-refractivity contribution in [2.24, 2.45) is 34.5 Å². The molecule has 5 rings (SSSR count). The van der Waals surface area contributed by atoms with Crippen molar-refractivity contribution in [2.45, 2.75) is 84.8 Å². The molecule has 0 aromatic carbocycles. The molecule has 0 radical (unpaired) electrons. The van der Waals surface area contributed by atoms with Crippen LogP contribution >= 0.6 is 0 Å². The van der Waals surface area contributed by atoms with Crippen LogP contribution in [0.3, 0.4) is 0 Å². The summed E-state index contributed by atoms with van der Waals surface area (Å²) >= 11 is 0. The smallest absolute Gasteiger partial charge is 0.450 e. The zero-order chi connectivity index (χ0) is 31.3. The van der Waals surface area contributed by atoms with Gasteiger partial charge >= 0.3 is 12.3 Å². The van der Waals surface area contributed by atoms with E-state index in [1.807, 2.05) is 18.5 Å². The Bertz CT molecular complexity index is 1210. The van der Waals surface area contributed by atoms with Gasteiger partial charge in [0.15, 0.2) is 0 Å². The second-order valence-electron chi connectivity index (χ2n) is 13.7. The van der Waals surface area contributed by atoms with Crippen molar-refractivity contribution in [3.8, 4) is 0 Å². The number of allylic oxidation sites excluding steroid dienone is 4. The highest BCUT2D eigenvalue weighted by atomic mass is 16.7. The maximum Gasteiger partial charge on any atom is 0.508 e. The van der Waals surface area contributed by atoms with Crippen LogP contribution in [0.4, 0.5) is 9.59 Å². The molecule has 0 amide bonds. The first-order valence-corrected chi connectivity index (χ1v) is 16.3. The number of ether oxygens (including phenoxy) is 5. The summed E-state index contributed by atoms with van der Waals surface area (Å²) in [4.78, 5) is 27.4. The number of carbonyl (C=O) groups is 2. The lowest BCUT2D eigenvalue weighted by Crippen LogP contribution is -2.50. The van der Waals surface area contributed by atoms with E-state index < -0.39 is 18.4 Å². The first-order valence-electron chi connectivity index (χ1n) is 16.3. The second kappa shape index (κ2) is 14.0. The molecule has 0 bridgehead atoms. The quantitative estimate of drug-likeness (QED) is 0.148. The molecule has 4 aliphatic carbocycles. The van der Waals surface area contributed by atoms with Crippen LogP contribution in [0.25, 0.3) is 5.57 Å². The first-order chi connectivity index (χ1) is 21.1. The van der Waals surface area contributed by atoms with Gasteiger partial charge in [-0.25, -0.2) is 9.59 Å². The number of hydrogen-bond acceptors (Lipinski definition) is 8. The Morgan fingerprint density at radius 2 is 1.75 bits per heavy atom. The van der Waals surface area contributed by atoms with Crippen LogP contribution in [0.15, 0.2) is 42.3 Å². The fraction of sp³-hybridized carbons (Fsp3) is 0.686. The van der Waals surface area contributed by atoms with E-state index in [0.29, 0.717) is 31.0 Å². The molecule has 4 aliphatic rings. The van der Waals surface area contributed by atoms with Crippen LogP contribution in [-0.4, -0.2) is 67.6 Å². The van der Waals surface area contributed by atoms with Gasteiger partial charge in [0, 0.05) is 18.3 Å². The molecule has 0 saturated heterocycles. The minimum atomic E-state index is -1.27. The minimum Gasteiger partial charge on any atom is -0.450 e. The number of aromatic nitrogens is 1. The predicted molar refractivity (Wildman–Crippen MR) is 165 cm³/mol. The topological polar surface area (TPSA) is 113 Å². The van der Waals surface area contributed by atoms with Crippen molar-refractivity contribution in [1.82, 2.24) is 4.98 Å². The molecule has 1 aromatic heterocycles. The third-order valence-corrected chi connectivity index (χ3v) is 10.9. The standard InChI is InChI=1S/C35H49NO8/c1-23(2)43-33(39)42-19-18-40-16-17-41-22-31(44-32(37)38)24-11-13-34(3)26(20-24)7-8-27-29-10-9-28(25-6-5-15-36-21-25)35(29,4)14-12-30(27)34/h5-7,9,15,21,23-24,27,29-31H,8,10-14,16-20,22H2,1-4H3,(H,37,38)/t24-,27-,29-,30-,31?,34-,35+/m0/s1. The van der Waals surface area contributed by atoms with E-state index in [9.17, 15) is 14.7 Å². The molecular weight excluding hydrogens is 562 g/mol. The van der Waals surface area contributed by atoms with Gasteiger partial charge in [0.1, 0.15) is 12.7 Å². The Morgan fingerprint density at radius 1 is 0.977 bits per heavy atom. The van der Waals surface area contributed by atoms with Crippen LogP contribution in [0.2, 0.25) is 0 Å². The number of hydrogen-bond donors (Lipinski definition) is 1. The Hall–Kier alpha value is -2.91. The molecule has 242 valence electrons. The molecule has 9 nitrogen and oxygen atoms in total. The van der Waals surface area contributed by atoms with Crippen LogP contribution in [0.5, 0.6) is 0 Å². The third kappa shape index (κ3) is 6.99. The van der Waals surface area contributed by atoms with Gasteiger partial charge in [-0.05, 0) is 105 Å². The van der Waals surface area contributed by atoms with Gasteiger partial charge in [-0.1, -0.05) is 37.6 Å². The second-order valence-corrected chi connectivity index (χ2v) is 13.7. The number of pyridine rings is 1. The fourth-order valence-corrected chi connectivity index (χ4v) is 8.77. The Labute approximate surface area is 261 Å².